The Morgan fingerprint density at radius 2 is 1.73 bits per heavy atom. The Hall–Kier alpha value is -2.74. The van der Waals surface area contributed by atoms with E-state index in [-0.39, 0.29) is 16.8 Å². The molecule has 0 radical (unpaired) electrons. The summed E-state index contributed by atoms with van der Waals surface area (Å²) in [5.74, 6) is 3.82. The van der Waals surface area contributed by atoms with E-state index in [1.165, 1.54) is 37.8 Å². The number of anilines is 1. The molecule has 7 nitrogen and oxygen atoms in total. The minimum absolute atomic E-state index is 0.0784. The van der Waals surface area contributed by atoms with Gasteiger partial charge in [0.05, 0.1) is 4.90 Å². The molecule has 1 aliphatic heterocycles. The van der Waals surface area contributed by atoms with Gasteiger partial charge in [0.2, 0.25) is 0 Å². The van der Waals surface area contributed by atoms with Crippen molar-refractivity contribution >= 4 is 21.6 Å². The molecular weight excluding hydrogens is 440 g/mol. The van der Waals surface area contributed by atoms with Crippen LogP contribution in [-0.4, -0.2) is 33.6 Å². The van der Waals surface area contributed by atoms with Gasteiger partial charge in [-0.25, -0.2) is 8.42 Å². The van der Waals surface area contributed by atoms with Crippen LogP contribution in [0.4, 0.5) is 5.69 Å². The standard InChI is InChI=1S/C25H28N2O5S/c28-25(26-22-13-16-12-21(22)20-6-2-5-19(16)20)15-3-1-4-17(11-15)27-33(29,30)18-7-8-23-24(14-18)32-10-9-31-23/h1,3-4,7-8,11,14,16,19-22,27H,2,5-6,9-10,12-13H2,(H,26,28). The number of benzene rings is 2. The van der Waals surface area contributed by atoms with Gasteiger partial charge in [0, 0.05) is 23.4 Å². The van der Waals surface area contributed by atoms with Crippen LogP contribution < -0.4 is 19.5 Å². The average molecular weight is 469 g/mol. The second-order valence-corrected chi connectivity index (χ2v) is 11.4. The molecule has 174 valence electrons. The third-order valence-electron chi connectivity index (χ3n) is 7.95. The molecule has 2 aromatic carbocycles. The van der Waals surface area contributed by atoms with Crippen molar-refractivity contribution in [2.45, 2.75) is 43.0 Å². The number of nitrogens with one attached hydrogen (secondary N) is 2. The lowest BCUT2D eigenvalue weighted by Crippen LogP contribution is -2.42. The minimum atomic E-state index is -3.85. The molecule has 2 aromatic rings. The second kappa shape index (κ2) is 7.94. The van der Waals surface area contributed by atoms with Crippen LogP contribution in [0, 0.1) is 23.7 Å². The van der Waals surface area contributed by atoms with Crippen molar-refractivity contribution in [3.05, 3.63) is 48.0 Å². The Morgan fingerprint density at radius 3 is 2.61 bits per heavy atom. The lowest BCUT2D eigenvalue weighted by molar-refractivity contribution is 0.0901. The predicted molar refractivity (Wildman–Crippen MR) is 123 cm³/mol. The lowest BCUT2D eigenvalue weighted by Gasteiger charge is -2.32. The molecule has 8 heteroatoms. The number of carbonyl (C=O) groups excluding carboxylic acids is 1. The number of hydrogen-bond acceptors (Lipinski definition) is 5. The molecule has 1 heterocycles. The highest BCUT2D eigenvalue weighted by Crippen LogP contribution is 2.58. The molecule has 0 aromatic heterocycles. The normalized spacial score (nSPS) is 29.5. The van der Waals surface area contributed by atoms with Crippen molar-refractivity contribution in [2.24, 2.45) is 23.7 Å². The van der Waals surface area contributed by atoms with E-state index in [4.69, 9.17) is 9.47 Å². The fourth-order valence-corrected chi connectivity index (χ4v) is 7.68. The van der Waals surface area contributed by atoms with Gasteiger partial charge < -0.3 is 14.8 Å². The molecular formula is C25H28N2O5S. The number of amides is 1. The first-order chi connectivity index (χ1) is 16.0. The zero-order valence-electron chi connectivity index (χ0n) is 18.3. The van der Waals surface area contributed by atoms with E-state index in [9.17, 15) is 13.2 Å². The van der Waals surface area contributed by atoms with E-state index in [1.54, 1.807) is 30.3 Å². The number of sulfonamides is 1. The molecule has 3 aliphatic carbocycles. The summed E-state index contributed by atoms with van der Waals surface area (Å²) in [5, 5.41) is 3.25. The summed E-state index contributed by atoms with van der Waals surface area (Å²) in [5.41, 5.74) is 0.810. The van der Waals surface area contributed by atoms with Crippen molar-refractivity contribution in [3.8, 4) is 11.5 Å². The molecule has 5 unspecified atom stereocenters. The summed E-state index contributed by atoms with van der Waals surface area (Å²) in [4.78, 5) is 13.1. The minimum Gasteiger partial charge on any atom is -0.486 e. The number of carbonyl (C=O) groups is 1. The van der Waals surface area contributed by atoms with E-state index >= 15 is 0 Å². The second-order valence-electron chi connectivity index (χ2n) is 9.73. The zero-order chi connectivity index (χ0) is 22.6. The van der Waals surface area contributed by atoms with Crippen molar-refractivity contribution < 1.29 is 22.7 Å². The van der Waals surface area contributed by atoms with Crippen LogP contribution in [0.15, 0.2) is 47.4 Å². The maximum Gasteiger partial charge on any atom is 0.262 e. The smallest absolute Gasteiger partial charge is 0.262 e. The van der Waals surface area contributed by atoms with Gasteiger partial charge in [-0.1, -0.05) is 12.5 Å². The average Bonchev–Trinajstić information content (AvgIpc) is 3.53. The fourth-order valence-electron chi connectivity index (χ4n) is 6.61. The topological polar surface area (TPSA) is 93.7 Å². The van der Waals surface area contributed by atoms with Gasteiger partial charge in [-0.3, -0.25) is 9.52 Å². The fraction of sp³-hybridized carbons (Fsp3) is 0.480. The monoisotopic (exact) mass is 468 g/mol. The van der Waals surface area contributed by atoms with Crippen molar-refractivity contribution in [3.63, 3.8) is 0 Å². The first-order valence-electron chi connectivity index (χ1n) is 11.8. The highest BCUT2D eigenvalue weighted by atomic mass is 32.2. The highest BCUT2D eigenvalue weighted by Gasteiger charge is 2.54. The number of hydrogen-bond donors (Lipinski definition) is 2. The molecule has 5 atom stereocenters. The highest BCUT2D eigenvalue weighted by molar-refractivity contribution is 7.92. The molecule has 1 amide bonds. The van der Waals surface area contributed by atoms with Crippen LogP contribution in [0.3, 0.4) is 0 Å². The predicted octanol–water partition coefficient (Wildman–Crippen LogP) is 3.81. The number of fused-ring (bicyclic) bond motifs is 6. The van der Waals surface area contributed by atoms with Gasteiger partial charge in [0.15, 0.2) is 11.5 Å². The van der Waals surface area contributed by atoms with Crippen LogP contribution in [-0.2, 0) is 10.0 Å². The number of rotatable bonds is 5. The van der Waals surface area contributed by atoms with E-state index in [1.807, 2.05) is 0 Å². The summed E-state index contributed by atoms with van der Waals surface area (Å²) >= 11 is 0. The van der Waals surface area contributed by atoms with Gasteiger partial charge in [-0.15, -0.1) is 0 Å². The largest absolute Gasteiger partial charge is 0.486 e. The van der Waals surface area contributed by atoms with Crippen LogP contribution in [0.5, 0.6) is 11.5 Å². The third kappa shape index (κ3) is 3.74. The molecule has 6 rings (SSSR count). The third-order valence-corrected chi connectivity index (χ3v) is 9.33. The van der Waals surface area contributed by atoms with Crippen LogP contribution in [0.25, 0.3) is 0 Å². The first kappa shape index (κ1) is 20.8. The van der Waals surface area contributed by atoms with Gasteiger partial charge in [-0.2, -0.15) is 0 Å². The summed E-state index contributed by atoms with van der Waals surface area (Å²) in [6, 6.07) is 11.4. The Bertz CT molecular complexity index is 1200. The van der Waals surface area contributed by atoms with E-state index in [0.29, 0.717) is 41.9 Å². The van der Waals surface area contributed by atoms with Gasteiger partial charge >= 0.3 is 0 Å². The van der Waals surface area contributed by atoms with Gasteiger partial charge in [-0.05, 0) is 79.7 Å². The summed E-state index contributed by atoms with van der Waals surface area (Å²) in [6.07, 6.45) is 6.31. The van der Waals surface area contributed by atoms with Crippen LogP contribution in [0.2, 0.25) is 0 Å². The van der Waals surface area contributed by atoms with Crippen LogP contribution >= 0.6 is 0 Å². The molecule has 3 fully saturated rings. The van der Waals surface area contributed by atoms with Gasteiger partial charge in [0.1, 0.15) is 13.2 Å². The van der Waals surface area contributed by atoms with Crippen molar-refractivity contribution in [2.75, 3.05) is 17.9 Å². The molecule has 0 spiro atoms. The number of ether oxygens (including phenoxy) is 2. The Labute approximate surface area is 193 Å². The maximum absolute atomic E-state index is 13.0. The lowest BCUT2D eigenvalue weighted by atomic mass is 9.79. The molecule has 0 saturated heterocycles. The summed E-state index contributed by atoms with van der Waals surface area (Å²) in [6.45, 7) is 0.820. The maximum atomic E-state index is 13.0. The molecule has 3 saturated carbocycles. The van der Waals surface area contributed by atoms with Crippen LogP contribution in [0.1, 0.15) is 42.5 Å². The van der Waals surface area contributed by atoms with Crippen molar-refractivity contribution in [1.82, 2.24) is 5.32 Å². The summed E-state index contributed by atoms with van der Waals surface area (Å²) < 4.78 is 39.4. The van der Waals surface area contributed by atoms with E-state index in [0.717, 1.165) is 24.2 Å². The first-order valence-corrected chi connectivity index (χ1v) is 13.3. The van der Waals surface area contributed by atoms with Gasteiger partial charge in [0.25, 0.3) is 15.9 Å². The molecule has 4 aliphatic rings. The molecule has 2 N–H and O–H groups in total. The van der Waals surface area contributed by atoms with E-state index in [2.05, 4.69) is 10.0 Å². The van der Waals surface area contributed by atoms with Crippen molar-refractivity contribution in [1.29, 1.82) is 0 Å². The SMILES string of the molecule is O=C(NC1CC2CC1C1CCCC21)c1cccc(NS(=O)(=O)c2ccc3c(c2)OCCO3)c1. The molecule has 2 bridgehead atoms. The quantitative estimate of drug-likeness (QED) is 0.696. The molecule has 33 heavy (non-hydrogen) atoms. The Kier molecular flexibility index (Phi) is 5.01. The van der Waals surface area contributed by atoms with E-state index < -0.39 is 10.0 Å². The Morgan fingerprint density at radius 1 is 0.909 bits per heavy atom. The summed E-state index contributed by atoms with van der Waals surface area (Å²) in [7, 11) is -3.85. The Balaban J connectivity index is 1.16. The zero-order valence-corrected chi connectivity index (χ0v) is 19.1.